The molecule has 0 N–H and O–H groups in total. The van der Waals surface area contributed by atoms with Crippen LogP contribution in [0.25, 0.3) is 22.3 Å². The maximum absolute atomic E-state index is 14.6. The number of aryl methyl sites for hydroxylation is 1. The predicted molar refractivity (Wildman–Crippen MR) is 97.8 cm³/mol. The van der Waals surface area contributed by atoms with Gasteiger partial charge >= 0.3 is 0 Å². The normalized spacial score (nSPS) is 10.7. The van der Waals surface area contributed by atoms with Gasteiger partial charge in [-0.25, -0.2) is 8.78 Å². The summed E-state index contributed by atoms with van der Waals surface area (Å²) in [5, 5.41) is 0. The maximum Gasteiger partial charge on any atom is 0.167 e. The van der Waals surface area contributed by atoms with E-state index < -0.39 is 11.6 Å². The highest BCUT2D eigenvalue weighted by atomic mass is 19.2. The van der Waals surface area contributed by atoms with E-state index in [9.17, 15) is 8.78 Å². The van der Waals surface area contributed by atoms with E-state index in [-0.39, 0.29) is 11.1 Å². The van der Waals surface area contributed by atoms with Gasteiger partial charge in [0.05, 0.1) is 6.61 Å². The van der Waals surface area contributed by atoms with Gasteiger partial charge in [0.15, 0.2) is 11.6 Å². The highest BCUT2D eigenvalue weighted by molar-refractivity contribution is 5.72. The lowest BCUT2D eigenvalue weighted by Crippen LogP contribution is -1.95. The van der Waals surface area contributed by atoms with Crippen molar-refractivity contribution in [1.82, 2.24) is 0 Å². The molecule has 0 aromatic heterocycles. The van der Waals surface area contributed by atoms with Crippen LogP contribution in [0.15, 0.2) is 60.7 Å². The van der Waals surface area contributed by atoms with Gasteiger partial charge in [-0.05, 0) is 42.2 Å². The zero-order chi connectivity index (χ0) is 17.8. The van der Waals surface area contributed by atoms with Gasteiger partial charge in [-0.2, -0.15) is 0 Å². The summed E-state index contributed by atoms with van der Waals surface area (Å²) in [5.74, 6) is -0.948. The molecule has 3 aromatic carbocycles. The molecule has 0 aliphatic carbocycles. The fourth-order valence-electron chi connectivity index (χ4n) is 2.81. The van der Waals surface area contributed by atoms with E-state index in [1.807, 2.05) is 31.2 Å². The van der Waals surface area contributed by atoms with Crippen molar-refractivity contribution in [2.24, 2.45) is 0 Å². The Morgan fingerprint density at radius 2 is 1.16 bits per heavy atom. The second kappa shape index (κ2) is 7.47. The summed E-state index contributed by atoms with van der Waals surface area (Å²) in [6.45, 7) is 4.52. The van der Waals surface area contributed by atoms with Gasteiger partial charge in [-0.1, -0.05) is 55.5 Å². The number of rotatable bonds is 5. The van der Waals surface area contributed by atoms with Crippen molar-refractivity contribution in [3.8, 4) is 28.0 Å². The predicted octanol–water partition coefficient (Wildman–Crippen LogP) is 6.26. The highest BCUT2D eigenvalue weighted by Gasteiger charge is 2.16. The molecule has 0 bridgehead atoms. The highest BCUT2D eigenvalue weighted by Crippen LogP contribution is 2.32. The standard InChI is InChI=1S/C22H20F2O/c1-3-15-5-7-16(8-6-15)19-13-14-20(22(24)21(19)23)17-9-11-18(12-10-17)25-4-2/h5-14H,3-4H2,1-2H3. The summed E-state index contributed by atoms with van der Waals surface area (Å²) in [5.41, 5.74) is 2.97. The Kier molecular flexibility index (Phi) is 5.13. The Balaban J connectivity index is 1.96. The third-order valence-corrected chi connectivity index (χ3v) is 4.23. The van der Waals surface area contributed by atoms with E-state index in [0.717, 1.165) is 12.0 Å². The third-order valence-electron chi connectivity index (χ3n) is 4.23. The second-order valence-electron chi connectivity index (χ2n) is 5.80. The molecule has 1 nitrogen and oxygen atoms in total. The van der Waals surface area contributed by atoms with Gasteiger partial charge in [0, 0.05) is 11.1 Å². The molecule has 0 saturated heterocycles. The smallest absolute Gasteiger partial charge is 0.167 e. The molecule has 3 aromatic rings. The van der Waals surface area contributed by atoms with E-state index >= 15 is 0 Å². The van der Waals surface area contributed by atoms with E-state index in [0.29, 0.717) is 23.5 Å². The largest absolute Gasteiger partial charge is 0.494 e. The minimum Gasteiger partial charge on any atom is -0.494 e. The van der Waals surface area contributed by atoms with Crippen molar-refractivity contribution in [2.75, 3.05) is 6.61 Å². The van der Waals surface area contributed by atoms with Crippen LogP contribution in [0.1, 0.15) is 19.4 Å². The average Bonchev–Trinajstić information content (AvgIpc) is 2.65. The van der Waals surface area contributed by atoms with Gasteiger partial charge in [0.25, 0.3) is 0 Å². The number of ether oxygens (including phenoxy) is 1. The first-order valence-corrected chi connectivity index (χ1v) is 8.44. The molecule has 0 unspecified atom stereocenters. The molecular weight excluding hydrogens is 318 g/mol. The van der Waals surface area contributed by atoms with Crippen LogP contribution >= 0.6 is 0 Å². The molecule has 3 heteroatoms. The molecule has 0 atom stereocenters. The van der Waals surface area contributed by atoms with Crippen LogP contribution < -0.4 is 4.74 Å². The SMILES string of the molecule is CCOc1ccc(-c2ccc(-c3ccc(CC)cc3)c(F)c2F)cc1. The lowest BCUT2D eigenvalue weighted by atomic mass is 9.98. The Morgan fingerprint density at radius 3 is 1.60 bits per heavy atom. The monoisotopic (exact) mass is 338 g/mol. The first-order chi connectivity index (χ1) is 12.1. The summed E-state index contributed by atoms with van der Waals surface area (Å²) < 4.78 is 34.6. The number of halogens is 2. The molecule has 0 aliphatic heterocycles. The Hall–Kier alpha value is -2.68. The van der Waals surface area contributed by atoms with Crippen molar-refractivity contribution in [3.63, 3.8) is 0 Å². The van der Waals surface area contributed by atoms with Crippen molar-refractivity contribution in [1.29, 1.82) is 0 Å². The fraction of sp³-hybridized carbons (Fsp3) is 0.182. The quantitative estimate of drug-likeness (QED) is 0.533. The molecule has 0 amide bonds. The van der Waals surface area contributed by atoms with Gasteiger partial charge < -0.3 is 4.74 Å². The van der Waals surface area contributed by atoms with E-state index in [1.54, 1.807) is 36.4 Å². The molecule has 128 valence electrons. The summed E-state index contributed by atoms with van der Waals surface area (Å²) in [4.78, 5) is 0. The summed E-state index contributed by atoms with van der Waals surface area (Å²) in [6, 6.07) is 17.8. The van der Waals surface area contributed by atoms with E-state index in [2.05, 4.69) is 6.92 Å². The lowest BCUT2D eigenvalue weighted by Gasteiger charge is -2.10. The molecule has 0 spiro atoms. The van der Waals surface area contributed by atoms with Crippen LogP contribution in [0.4, 0.5) is 8.78 Å². The minimum absolute atomic E-state index is 0.245. The van der Waals surface area contributed by atoms with Crippen molar-refractivity contribution < 1.29 is 13.5 Å². The van der Waals surface area contributed by atoms with Gasteiger partial charge in [-0.3, -0.25) is 0 Å². The molecule has 0 fully saturated rings. The Bertz CT molecular complexity index is 852. The van der Waals surface area contributed by atoms with Crippen LogP contribution in [-0.4, -0.2) is 6.61 Å². The molecule has 0 radical (unpaired) electrons. The number of hydrogen-bond acceptors (Lipinski definition) is 1. The zero-order valence-electron chi connectivity index (χ0n) is 14.4. The average molecular weight is 338 g/mol. The van der Waals surface area contributed by atoms with Crippen LogP contribution in [0.5, 0.6) is 5.75 Å². The van der Waals surface area contributed by atoms with Crippen molar-refractivity contribution in [3.05, 3.63) is 77.9 Å². The van der Waals surface area contributed by atoms with E-state index in [4.69, 9.17) is 4.74 Å². The first kappa shape index (κ1) is 17.2. The fourth-order valence-corrected chi connectivity index (χ4v) is 2.81. The van der Waals surface area contributed by atoms with Gasteiger partial charge in [-0.15, -0.1) is 0 Å². The maximum atomic E-state index is 14.6. The summed E-state index contributed by atoms with van der Waals surface area (Å²) >= 11 is 0. The van der Waals surface area contributed by atoms with Crippen LogP contribution in [0.3, 0.4) is 0 Å². The molecule has 0 heterocycles. The van der Waals surface area contributed by atoms with Gasteiger partial charge in [0.1, 0.15) is 5.75 Å². The van der Waals surface area contributed by atoms with Crippen LogP contribution in [-0.2, 0) is 6.42 Å². The van der Waals surface area contributed by atoms with Crippen LogP contribution in [0.2, 0.25) is 0 Å². The molecule has 3 rings (SSSR count). The molecule has 25 heavy (non-hydrogen) atoms. The zero-order valence-corrected chi connectivity index (χ0v) is 14.4. The van der Waals surface area contributed by atoms with E-state index in [1.165, 1.54) is 0 Å². The Labute approximate surface area is 146 Å². The second-order valence-corrected chi connectivity index (χ2v) is 5.80. The first-order valence-electron chi connectivity index (χ1n) is 8.44. The lowest BCUT2D eigenvalue weighted by molar-refractivity contribution is 0.340. The summed E-state index contributed by atoms with van der Waals surface area (Å²) in [6.07, 6.45) is 0.911. The molecule has 0 aliphatic rings. The number of hydrogen-bond donors (Lipinski definition) is 0. The third kappa shape index (κ3) is 3.55. The number of benzene rings is 3. The molecule has 0 saturated carbocycles. The Morgan fingerprint density at radius 1 is 0.680 bits per heavy atom. The summed E-state index contributed by atoms with van der Waals surface area (Å²) in [7, 11) is 0. The van der Waals surface area contributed by atoms with Gasteiger partial charge in [0.2, 0.25) is 0 Å². The molecular formula is C22H20F2O. The minimum atomic E-state index is -0.832. The van der Waals surface area contributed by atoms with Crippen molar-refractivity contribution >= 4 is 0 Å². The topological polar surface area (TPSA) is 9.23 Å². The van der Waals surface area contributed by atoms with Crippen molar-refractivity contribution in [2.45, 2.75) is 20.3 Å². The van der Waals surface area contributed by atoms with Crippen LogP contribution in [0, 0.1) is 11.6 Å².